The Morgan fingerprint density at radius 1 is 1.53 bits per heavy atom. The summed E-state index contributed by atoms with van der Waals surface area (Å²) in [6.07, 6.45) is 1.45. The highest BCUT2D eigenvalue weighted by Crippen LogP contribution is 2.14. The van der Waals surface area contributed by atoms with Crippen molar-refractivity contribution in [2.45, 2.75) is 31.9 Å². The van der Waals surface area contributed by atoms with Crippen LogP contribution in [0.3, 0.4) is 0 Å². The van der Waals surface area contributed by atoms with E-state index < -0.39 is 0 Å². The molecule has 1 fully saturated rings. The van der Waals surface area contributed by atoms with Gasteiger partial charge in [0.2, 0.25) is 0 Å². The number of ether oxygens (including phenoxy) is 2. The van der Waals surface area contributed by atoms with Crippen molar-refractivity contribution in [3.05, 3.63) is 0 Å². The van der Waals surface area contributed by atoms with E-state index in [-0.39, 0.29) is 6.10 Å². The standard InChI is InChI=1S/C11H21NO3/c1-9-6-10(13)4-5-12(9)7-11(15-3)8-14-2/h9,11H,4-8H2,1-3H3. The first-order valence-corrected chi connectivity index (χ1v) is 5.44. The zero-order valence-electron chi connectivity index (χ0n) is 9.86. The number of carbonyl (C=O) groups excluding carboxylic acids is 1. The van der Waals surface area contributed by atoms with Gasteiger partial charge in [-0.15, -0.1) is 0 Å². The Morgan fingerprint density at radius 2 is 2.27 bits per heavy atom. The van der Waals surface area contributed by atoms with Crippen LogP contribution in [0.25, 0.3) is 0 Å². The minimum Gasteiger partial charge on any atom is -0.382 e. The molecule has 0 aromatic heterocycles. The summed E-state index contributed by atoms with van der Waals surface area (Å²) in [7, 11) is 3.37. The molecule has 0 spiro atoms. The van der Waals surface area contributed by atoms with Crippen LogP contribution in [0.4, 0.5) is 0 Å². The van der Waals surface area contributed by atoms with Gasteiger partial charge in [0.05, 0.1) is 12.7 Å². The fraction of sp³-hybridized carbons (Fsp3) is 0.909. The van der Waals surface area contributed by atoms with E-state index in [9.17, 15) is 4.79 Å². The first kappa shape index (κ1) is 12.6. The van der Waals surface area contributed by atoms with Gasteiger partial charge in [0.25, 0.3) is 0 Å². The number of carbonyl (C=O) groups is 1. The van der Waals surface area contributed by atoms with Crippen LogP contribution in [0, 0.1) is 0 Å². The van der Waals surface area contributed by atoms with E-state index in [0.717, 1.165) is 13.1 Å². The predicted molar refractivity (Wildman–Crippen MR) is 57.9 cm³/mol. The Hall–Kier alpha value is -0.450. The zero-order valence-corrected chi connectivity index (χ0v) is 9.86. The molecule has 2 unspecified atom stereocenters. The number of hydrogen-bond donors (Lipinski definition) is 0. The van der Waals surface area contributed by atoms with E-state index in [0.29, 0.717) is 31.3 Å². The number of methoxy groups -OCH3 is 2. The van der Waals surface area contributed by atoms with E-state index in [4.69, 9.17) is 9.47 Å². The monoisotopic (exact) mass is 215 g/mol. The highest BCUT2D eigenvalue weighted by Gasteiger charge is 2.25. The molecule has 0 aromatic rings. The molecule has 1 rings (SSSR count). The molecule has 0 radical (unpaired) electrons. The average Bonchev–Trinajstić information content (AvgIpc) is 2.21. The maximum atomic E-state index is 11.2. The maximum absolute atomic E-state index is 11.2. The van der Waals surface area contributed by atoms with Crippen LogP contribution in [0.2, 0.25) is 0 Å². The lowest BCUT2D eigenvalue weighted by molar-refractivity contribution is -0.123. The molecule has 0 amide bonds. The normalized spacial score (nSPS) is 25.5. The molecule has 1 saturated heterocycles. The molecule has 1 heterocycles. The summed E-state index contributed by atoms with van der Waals surface area (Å²) in [6, 6.07) is 0.334. The largest absolute Gasteiger partial charge is 0.382 e. The molecule has 0 saturated carbocycles. The number of likely N-dealkylation sites (tertiary alicyclic amines) is 1. The molecule has 0 aliphatic carbocycles. The number of Topliss-reactive ketones (excluding diaryl/α,β-unsaturated/α-hetero) is 1. The van der Waals surface area contributed by atoms with Crippen LogP contribution < -0.4 is 0 Å². The number of hydrogen-bond acceptors (Lipinski definition) is 4. The molecular weight excluding hydrogens is 194 g/mol. The van der Waals surface area contributed by atoms with Crippen LogP contribution in [0.15, 0.2) is 0 Å². The Labute approximate surface area is 91.5 Å². The van der Waals surface area contributed by atoms with Crippen molar-refractivity contribution < 1.29 is 14.3 Å². The van der Waals surface area contributed by atoms with E-state index >= 15 is 0 Å². The first-order chi connectivity index (χ1) is 7.17. The molecule has 15 heavy (non-hydrogen) atoms. The minimum atomic E-state index is 0.102. The van der Waals surface area contributed by atoms with Gasteiger partial charge in [-0.2, -0.15) is 0 Å². The molecule has 2 atom stereocenters. The first-order valence-electron chi connectivity index (χ1n) is 5.44. The molecular formula is C11H21NO3. The van der Waals surface area contributed by atoms with Crippen molar-refractivity contribution in [1.82, 2.24) is 4.90 Å². The van der Waals surface area contributed by atoms with E-state index in [1.807, 2.05) is 0 Å². The van der Waals surface area contributed by atoms with Gasteiger partial charge >= 0.3 is 0 Å². The molecule has 1 aliphatic heterocycles. The van der Waals surface area contributed by atoms with Crippen molar-refractivity contribution in [3.63, 3.8) is 0 Å². The second-order valence-electron chi connectivity index (χ2n) is 4.15. The van der Waals surface area contributed by atoms with Gasteiger partial charge in [0.1, 0.15) is 5.78 Å². The molecule has 0 bridgehead atoms. The summed E-state index contributed by atoms with van der Waals surface area (Å²) in [5.74, 6) is 0.374. The van der Waals surface area contributed by atoms with Crippen LogP contribution in [-0.4, -0.2) is 56.7 Å². The third kappa shape index (κ3) is 3.89. The summed E-state index contributed by atoms with van der Waals surface area (Å²) in [6.45, 7) is 4.40. The van der Waals surface area contributed by atoms with Gasteiger partial charge in [0, 0.05) is 46.2 Å². The summed E-state index contributed by atoms with van der Waals surface area (Å²) in [5.41, 5.74) is 0. The molecule has 0 N–H and O–H groups in total. The maximum Gasteiger partial charge on any atom is 0.135 e. The van der Waals surface area contributed by atoms with E-state index in [2.05, 4.69) is 11.8 Å². The second kappa shape index (κ2) is 6.20. The number of ketones is 1. The molecule has 88 valence electrons. The van der Waals surface area contributed by atoms with Crippen molar-refractivity contribution in [1.29, 1.82) is 0 Å². The lowest BCUT2D eigenvalue weighted by atomic mass is 10.0. The third-order valence-corrected chi connectivity index (χ3v) is 2.95. The molecule has 4 heteroatoms. The highest BCUT2D eigenvalue weighted by atomic mass is 16.5. The van der Waals surface area contributed by atoms with Crippen molar-refractivity contribution >= 4 is 5.78 Å². The molecule has 0 aromatic carbocycles. The summed E-state index contributed by atoms with van der Waals surface area (Å²) in [5, 5.41) is 0. The molecule has 1 aliphatic rings. The predicted octanol–water partition coefficient (Wildman–Crippen LogP) is 0.701. The Balaban J connectivity index is 2.39. The van der Waals surface area contributed by atoms with Crippen molar-refractivity contribution in [2.24, 2.45) is 0 Å². The number of nitrogens with zero attached hydrogens (tertiary/aromatic N) is 1. The van der Waals surface area contributed by atoms with Gasteiger partial charge < -0.3 is 9.47 Å². The topological polar surface area (TPSA) is 38.8 Å². The van der Waals surface area contributed by atoms with Crippen LogP contribution in [0.1, 0.15) is 19.8 Å². The summed E-state index contributed by atoms with van der Waals surface area (Å²) >= 11 is 0. The summed E-state index contributed by atoms with van der Waals surface area (Å²) in [4.78, 5) is 13.5. The minimum absolute atomic E-state index is 0.102. The smallest absolute Gasteiger partial charge is 0.135 e. The van der Waals surface area contributed by atoms with Gasteiger partial charge in [-0.3, -0.25) is 9.69 Å². The van der Waals surface area contributed by atoms with Gasteiger partial charge in [-0.1, -0.05) is 0 Å². The fourth-order valence-electron chi connectivity index (χ4n) is 1.96. The Kier molecular flexibility index (Phi) is 5.22. The lowest BCUT2D eigenvalue weighted by Crippen LogP contribution is -2.46. The molecule has 4 nitrogen and oxygen atoms in total. The van der Waals surface area contributed by atoms with E-state index in [1.165, 1.54) is 0 Å². The van der Waals surface area contributed by atoms with Crippen LogP contribution in [0.5, 0.6) is 0 Å². The highest BCUT2D eigenvalue weighted by molar-refractivity contribution is 5.79. The van der Waals surface area contributed by atoms with Crippen molar-refractivity contribution in [2.75, 3.05) is 33.9 Å². The summed E-state index contributed by atoms with van der Waals surface area (Å²) < 4.78 is 10.4. The SMILES string of the molecule is COCC(CN1CCC(=O)CC1C)OC. The second-order valence-corrected chi connectivity index (χ2v) is 4.15. The van der Waals surface area contributed by atoms with Gasteiger partial charge in [-0.25, -0.2) is 0 Å². The number of rotatable bonds is 5. The Bertz CT molecular complexity index is 208. The van der Waals surface area contributed by atoms with Gasteiger partial charge in [-0.05, 0) is 6.92 Å². The lowest BCUT2D eigenvalue weighted by Gasteiger charge is -2.34. The zero-order chi connectivity index (χ0) is 11.3. The quantitative estimate of drug-likeness (QED) is 0.677. The van der Waals surface area contributed by atoms with E-state index in [1.54, 1.807) is 14.2 Å². The average molecular weight is 215 g/mol. The fourth-order valence-corrected chi connectivity index (χ4v) is 1.96. The van der Waals surface area contributed by atoms with Crippen LogP contribution >= 0.6 is 0 Å². The Morgan fingerprint density at radius 3 is 2.80 bits per heavy atom. The third-order valence-electron chi connectivity index (χ3n) is 2.95. The van der Waals surface area contributed by atoms with Gasteiger partial charge in [0.15, 0.2) is 0 Å². The number of piperidine rings is 1. The van der Waals surface area contributed by atoms with Crippen LogP contribution in [-0.2, 0) is 14.3 Å². The van der Waals surface area contributed by atoms with Crippen molar-refractivity contribution in [3.8, 4) is 0 Å².